The predicted molar refractivity (Wildman–Crippen MR) is 143 cm³/mol. The Morgan fingerprint density at radius 2 is 1.28 bits per heavy atom. The molecule has 0 amide bonds. The third-order valence-corrected chi connectivity index (χ3v) is 6.48. The van der Waals surface area contributed by atoms with Gasteiger partial charge in [0.2, 0.25) is 0 Å². The van der Waals surface area contributed by atoms with Crippen LogP contribution in [-0.2, 0) is 18.7 Å². The molecule has 10 heteroatoms. The summed E-state index contributed by atoms with van der Waals surface area (Å²) in [6.07, 6.45) is -5.33. The summed E-state index contributed by atoms with van der Waals surface area (Å²) in [6.45, 7) is 2.12. The predicted octanol–water partition coefficient (Wildman–Crippen LogP) is 10.2. The minimum absolute atomic E-state index is 0.121. The number of benzene rings is 4. The number of hydrogen-bond donors (Lipinski definition) is 0. The van der Waals surface area contributed by atoms with Crippen molar-refractivity contribution in [3.8, 4) is 28.7 Å². The first kappa shape index (κ1) is 31.5. The number of alkyl halides is 5. The number of halogens is 9. The Morgan fingerprint density at radius 1 is 0.651 bits per heavy atom. The Balaban J connectivity index is 1.49. The van der Waals surface area contributed by atoms with Crippen LogP contribution < -0.4 is 4.74 Å². The summed E-state index contributed by atoms with van der Waals surface area (Å²) in [4.78, 5) is 0. The van der Waals surface area contributed by atoms with Gasteiger partial charge in [0.05, 0.1) is 0 Å². The lowest BCUT2D eigenvalue weighted by atomic mass is 10.0. The molecule has 4 aromatic rings. The molecular formula is C33H23F9O. The van der Waals surface area contributed by atoms with Crippen LogP contribution in [0.15, 0.2) is 72.8 Å². The van der Waals surface area contributed by atoms with E-state index in [-0.39, 0.29) is 17.7 Å². The van der Waals surface area contributed by atoms with Gasteiger partial charge in [0.15, 0.2) is 0 Å². The van der Waals surface area contributed by atoms with Gasteiger partial charge >= 0.3 is 12.3 Å². The molecule has 4 aromatic carbocycles. The Labute approximate surface area is 241 Å². The summed E-state index contributed by atoms with van der Waals surface area (Å²) in [5.74, 6) is -1.85. The topological polar surface area (TPSA) is 9.23 Å². The molecule has 0 fully saturated rings. The maximum atomic E-state index is 14.8. The fraction of sp³-hybridized carbons (Fsp3) is 0.212. The van der Waals surface area contributed by atoms with Crippen molar-refractivity contribution in [1.29, 1.82) is 0 Å². The summed E-state index contributed by atoms with van der Waals surface area (Å²) < 4.78 is 130. The highest BCUT2D eigenvalue weighted by atomic mass is 19.4. The van der Waals surface area contributed by atoms with Crippen LogP contribution in [0, 0.1) is 35.1 Å². The van der Waals surface area contributed by atoms with E-state index in [1.54, 1.807) is 0 Å². The van der Waals surface area contributed by atoms with Crippen molar-refractivity contribution < 1.29 is 44.3 Å². The van der Waals surface area contributed by atoms with Crippen LogP contribution in [0.2, 0.25) is 0 Å². The van der Waals surface area contributed by atoms with Gasteiger partial charge < -0.3 is 4.74 Å². The van der Waals surface area contributed by atoms with E-state index in [2.05, 4.69) is 23.5 Å². The molecule has 0 radical (unpaired) electrons. The molecule has 0 spiro atoms. The third-order valence-electron chi connectivity index (χ3n) is 6.48. The molecule has 0 N–H and O–H groups in total. The van der Waals surface area contributed by atoms with Crippen molar-refractivity contribution in [2.75, 3.05) is 0 Å². The van der Waals surface area contributed by atoms with Gasteiger partial charge in [0.25, 0.3) is 0 Å². The minimum atomic E-state index is -5.33. The van der Waals surface area contributed by atoms with E-state index >= 15 is 0 Å². The Kier molecular flexibility index (Phi) is 9.43. The largest absolute Gasteiger partial charge is 0.429 e. The van der Waals surface area contributed by atoms with Crippen LogP contribution in [0.1, 0.15) is 54.0 Å². The summed E-state index contributed by atoms with van der Waals surface area (Å²) >= 11 is 0. The number of aryl methyl sites for hydroxylation is 1. The normalized spacial score (nSPS) is 11.7. The second kappa shape index (κ2) is 12.9. The number of hydrogen-bond acceptors (Lipinski definition) is 1. The van der Waals surface area contributed by atoms with E-state index in [9.17, 15) is 39.5 Å². The van der Waals surface area contributed by atoms with Crippen LogP contribution in [0.25, 0.3) is 11.1 Å². The highest BCUT2D eigenvalue weighted by Crippen LogP contribution is 2.38. The maximum Gasteiger partial charge on any atom is 0.429 e. The monoisotopic (exact) mass is 606 g/mol. The fourth-order valence-electron chi connectivity index (χ4n) is 4.30. The number of unbranched alkanes of at least 4 members (excludes halogenated alkanes) is 2. The number of ether oxygens (including phenoxy) is 1. The zero-order valence-corrected chi connectivity index (χ0v) is 22.6. The summed E-state index contributed by atoms with van der Waals surface area (Å²) in [6, 6.07) is 12.8. The van der Waals surface area contributed by atoms with Crippen LogP contribution in [0.4, 0.5) is 39.5 Å². The van der Waals surface area contributed by atoms with Gasteiger partial charge in [0.1, 0.15) is 40.1 Å². The quantitative estimate of drug-likeness (QED) is 0.110. The van der Waals surface area contributed by atoms with Crippen molar-refractivity contribution in [3.63, 3.8) is 0 Å². The highest BCUT2D eigenvalue weighted by molar-refractivity contribution is 5.66. The van der Waals surface area contributed by atoms with E-state index in [1.807, 2.05) is 24.3 Å². The highest BCUT2D eigenvalue weighted by Gasteiger charge is 2.39. The molecule has 0 atom stereocenters. The zero-order valence-electron chi connectivity index (χ0n) is 22.6. The molecule has 1 nitrogen and oxygen atoms in total. The second-order valence-corrected chi connectivity index (χ2v) is 9.67. The molecule has 0 bridgehead atoms. The van der Waals surface area contributed by atoms with Gasteiger partial charge in [-0.15, -0.1) is 0 Å². The average Bonchev–Trinajstić information content (AvgIpc) is 2.91. The smallest absolute Gasteiger partial charge is 0.429 e. The first-order chi connectivity index (χ1) is 20.3. The SMILES string of the molecule is CCCCCc1ccc(C#Cc2ccc(C(F)(F)Oc3ccc(-c4cc(F)c(C(F)(F)F)c(F)c4)c(F)c3)c(F)c2)cc1. The lowest BCUT2D eigenvalue weighted by molar-refractivity contribution is -0.187. The van der Waals surface area contributed by atoms with Gasteiger partial charge in [0, 0.05) is 22.8 Å². The van der Waals surface area contributed by atoms with E-state index in [0.717, 1.165) is 55.5 Å². The molecule has 0 aliphatic heterocycles. The molecule has 0 heterocycles. The third kappa shape index (κ3) is 7.72. The lowest BCUT2D eigenvalue weighted by Crippen LogP contribution is -2.23. The maximum absolute atomic E-state index is 14.8. The molecule has 0 aliphatic rings. The molecule has 4 rings (SSSR count). The summed E-state index contributed by atoms with van der Waals surface area (Å²) in [5.41, 5.74) is -2.56. The van der Waals surface area contributed by atoms with Crippen molar-refractivity contribution in [2.24, 2.45) is 0 Å². The van der Waals surface area contributed by atoms with Gasteiger partial charge in [-0.25, -0.2) is 17.6 Å². The van der Waals surface area contributed by atoms with E-state index in [1.165, 1.54) is 6.07 Å². The lowest BCUT2D eigenvalue weighted by Gasteiger charge is -2.19. The van der Waals surface area contributed by atoms with Crippen LogP contribution in [0.5, 0.6) is 5.75 Å². The Morgan fingerprint density at radius 3 is 1.86 bits per heavy atom. The molecule has 0 saturated heterocycles. The van der Waals surface area contributed by atoms with Crippen molar-refractivity contribution in [3.05, 3.63) is 124 Å². The first-order valence-electron chi connectivity index (χ1n) is 13.1. The van der Waals surface area contributed by atoms with E-state index < -0.39 is 63.6 Å². The van der Waals surface area contributed by atoms with Crippen molar-refractivity contribution >= 4 is 0 Å². The van der Waals surface area contributed by atoms with Crippen molar-refractivity contribution in [2.45, 2.75) is 44.9 Å². The van der Waals surface area contributed by atoms with E-state index in [4.69, 9.17) is 0 Å². The van der Waals surface area contributed by atoms with Gasteiger partial charge in [-0.1, -0.05) is 43.7 Å². The summed E-state index contributed by atoms with van der Waals surface area (Å²) in [7, 11) is 0. The standard InChI is InChI=1S/C33H23F9O/c1-2-3-4-5-20-6-8-21(9-7-20)10-11-22-12-15-26(28(35)16-22)33(41,42)43-24-13-14-25(27(34)19-24)23-17-29(36)31(30(37)18-23)32(38,39)40/h6-9,12-19H,2-5H2,1H3. The summed E-state index contributed by atoms with van der Waals surface area (Å²) in [5, 5.41) is 0. The molecule has 43 heavy (non-hydrogen) atoms. The van der Waals surface area contributed by atoms with Crippen LogP contribution in [-0.4, -0.2) is 0 Å². The van der Waals surface area contributed by atoms with Crippen LogP contribution in [0.3, 0.4) is 0 Å². The Bertz CT molecular complexity index is 1640. The fourth-order valence-corrected chi connectivity index (χ4v) is 4.30. The second-order valence-electron chi connectivity index (χ2n) is 9.67. The average molecular weight is 607 g/mol. The molecule has 0 unspecified atom stereocenters. The molecule has 0 aliphatic carbocycles. The molecule has 224 valence electrons. The molecular weight excluding hydrogens is 583 g/mol. The van der Waals surface area contributed by atoms with Crippen molar-refractivity contribution in [1.82, 2.24) is 0 Å². The number of rotatable bonds is 8. The van der Waals surface area contributed by atoms with Gasteiger partial charge in [-0.3, -0.25) is 0 Å². The Hall–Kier alpha value is -4.39. The molecule has 0 saturated carbocycles. The zero-order chi connectivity index (χ0) is 31.4. The minimum Gasteiger partial charge on any atom is -0.429 e. The van der Waals surface area contributed by atoms with Crippen LogP contribution >= 0.6 is 0 Å². The first-order valence-corrected chi connectivity index (χ1v) is 13.1. The van der Waals surface area contributed by atoms with E-state index in [0.29, 0.717) is 11.6 Å². The molecule has 0 aromatic heterocycles. The van der Waals surface area contributed by atoms with Gasteiger partial charge in [-0.2, -0.15) is 22.0 Å². The van der Waals surface area contributed by atoms with Gasteiger partial charge in [-0.05, 0) is 78.6 Å².